The van der Waals surface area contributed by atoms with Crippen molar-refractivity contribution < 1.29 is 9.59 Å². The molecule has 0 spiro atoms. The Labute approximate surface area is 95.0 Å². The SMILES string of the molecule is CN(C)C(=O)C1=C(C(=O)N(C)N)CCCN1. The van der Waals surface area contributed by atoms with E-state index in [0.29, 0.717) is 24.2 Å². The third-order valence-electron chi connectivity index (χ3n) is 2.41. The minimum atomic E-state index is -0.308. The van der Waals surface area contributed by atoms with Gasteiger partial charge in [0.15, 0.2) is 0 Å². The van der Waals surface area contributed by atoms with Gasteiger partial charge in [0.25, 0.3) is 11.8 Å². The predicted octanol–water partition coefficient (Wildman–Crippen LogP) is -0.956. The maximum Gasteiger partial charge on any atom is 0.269 e. The summed E-state index contributed by atoms with van der Waals surface area (Å²) in [7, 11) is 4.78. The van der Waals surface area contributed by atoms with Crippen molar-refractivity contribution in [2.45, 2.75) is 12.8 Å². The van der Waals surface area contributed by atoms with Crippen LogP contribution in [0.2, 0.25) is 0 Å². The third kappa shape index (κ3) is 2.52. The Hall–Kier alpha value is -1.56. The van der Waals surface area contributed by atoms with Crippen molar-refractivity contribution in [2.75, 3.05) is 27.7 Å². The number of amides is 2. The highest BCUT2D eigenvalue weighted by Crippen LogP contribution is 2.17. The van der Waals surface area contributed by atoms with Gasteiger partial charge >= 0.3 is 0 Å². The van der Waals surface area contributed by atoms with Crippen LogP contribution in [0.15, 0.2) is 11.3 Å². The van der Waals surface area contributed by atoms with E-state index in [4.69, 9.17) is 5.84 Å². The van der Waals surface area contributed by atoms with Crippen LogP contribution >= 0.6 is 0 Å². The fourth-order valence-corrected chi connectivity index (χ4v) is 1.57. The molecule has 0 radical (unpaired) electrons. The first-order valence-corrected chi connectivity index (χ1v) is 5.16. The number of nitrogens with one attached hydrogen (secondary N) is 1. The average Bonchev–Trinajstić information content (AvgIpc) is 2.26. The number of hydrogen-bond acceptors (Lipinski definition) is 4. The largest absolute Gasteiger partial charge is 0.380 e. The lowest BCUT2D eigenvalue weighted by molar-refractivity contribution is -0.128. The standard InChI is InChI=1S/C10H18N4O2/c1-13(2)10(16)8-7(5-4-6-12-8)9(15)14(3)11/h12H,4-6,11H2,1-3H3. The van der Waals surface area contributed by atoms with Crippen LogP contribution in [0.5, 0.6) is 0 Å². The lowest BCUT2D eigenvalue weighted by Crippen LogP contribution is -2.41. The molecule has 0 atom stereocenters. The van der Waals surface area contributed by atoms with Crippen LogP contribution < -0.4 is 11.2 Å². The first kappa shape index (κ1) is 12.5. The van der Waals surface area contributed by atoms with Gasteiger partial charge in [0.1, 0.15) is 5.70 Å². The fourth-order valence-electron chi connectivity index (χ4n) is 1.57. The van der Waals surface area contributed by atoms with E-state index in [1.165, 1.54) is 11.9 Å². The summed E-state index contributed by atoms with van der Waals surface area (Å²) in [5.74, 6) is 4.90. The van der Waals surface area contributed by atoms with Crippen LogP contribution in [-0.4, -0.2) is 49.4 Å². The van der Waals surface area contributed by atoms with Crippen molar-refractivity contribution in [3.05, 3.63) is 11.3 Å². The molecule has 1 rings (SSSR count). The molecule has 1 aliphatic heterocycles. The topological polar surface area (TPSA) is 78.7 Å². The highest BCUT2D eigenvalue weighted by atomic mass is 16.2. The highest BCUT2D eigenvalue weighted by Gasteiger charge is 2.25. The smallest absolute Gasteiger partial charge is 0.269 e. The van der Waals surface area contributed by atoms with Crippen LogP contribution in [0.4, 0.5) is 0 Å². The van der Waals surface area contributed by atoms with E-state index in [1.807, 2.05) is 0 Å². The third-order valence-corrected chi connectivity index (χ3v) is 2.41. The second-order valence-electron chi connectivity index (χ2n) is 4.00. The van der Waals surface area contributed by atoms with Crippen molar-refractivity contribution in [1.82, 2.24) is 15.2 Å². The molecule has 6 nitrogen and oxygen atoms in total. The van der Waals surface area contributed by atoms with Gasteiger partial charge in [-0.25, -0.2) is 5.84 Å². The molecule has 0 fully saturated rings. The zero-order valence-corrected chi connectivity index (χ0v) is 9.91. The Morgan fingerprint density at radius 1 is 1.25 bits per heavy atom. The Morgan fingerprint density at radius 3 is 2.38 bits per heavy atom. The number of nitrogens with two attached hydrogens (primary N) is 1. The van der Waals surface area contributed by atoms with Crippen LogP contribution in [0.25, 0.3) is 0 Å². The van der Waals surface area contributed by atoms with Gasteiger partial charge in [-0.2, -0.15) is 0 Å². The van der Waals surface area contributed by atoms with Gasteiger partial charge in [0.2, 0.25) is 0 Å². The summed E-state index contributed by atoms with van der Waals surface area (Å²) >= 11 is 0. The summed E-state index contributed by atoms with van der Waals surface area (Å²) in [6, 6.07) is 0. The molecular weight excluding hydrogens is 208 g/mol. The van der Waals surface area contributed by atoms with Crippen LogP contribution in [0.3, 0.4) is 0 Å². The molecule has 0 saturated heterocycles. The number of nitrogens with zero attached hydrogens (tertiary/aromatic N) is 2. The molecule has 0 aliphatic carbocycles. The lowest BCUT2D eigenvalue weighted by Gasteiger charge is -2.24. The monoisotopic (exact) mass is 226 g/mol. The molecule has 90 valence electrons. The van der Waals surface area contributed by atoms with Gasteiger partial charge in [-0.15, -0.1) is 0 Å². The second kappa shape index (κ2) is 4.98. The van der Waals surface area contributed by atoms with E-state index in [2.05, 4.69) is 5.32 Å². The Balaban J connectivity index is 3.05. The molecule has 6 heteroatoms. The van der Waals surface area contributed by atoms with E-state index in [-0.39, 0.29) is 11.8 Å². The zero-order valence-electron chi connectivity index (χ0n) is 9.91. The lowest BCUT2D eigenvalue weighted by atomic mass is 10.0. The summed E-state index contributed by atoms with van der Waals surface area (Å²) in [4.78, 5) is 25.0. The van der Waals surface area contributed by atoms with Crippen molar-refractivity contribution in [1.29, 1.82) is 0 Å². The average molecular weight is 226 g/mol. The minimum absolute atomic E-state index is 0.190. The van der Waals surface area contributed by atoms with Gasteiger partial charge in [0, 0.05) is 33.3 Å². The molecular formula is C10H18N4O2. The zero-order chi connectivity index (χ0) is 12.3. The maximum atomic E-state index is 11.8. The molecule has 1 aliphatic rings. The van der Waals surface area contributed by atoms with E-state index in [1.54, 1.807) is 14.1 Å². The summed E-state index contributed by atoms with van der Waals surface area (Å²) < 4.78 is 0. The van der Waals surface area contributed by atoms with Crippen molar-refractivity contribution in [3.63, 3.8) is 0 Å². The second-order valence-corrected chi connectivity index (χ2v) is 4.00. The molecule has 3 N–H and O–H groups in total. The van der Waals surface area contributed by atoms with Crippen LogP contribution in [-0.2, 0) is 9.59 Å². The normalized spacial score (nSPS) is 15.5. The Kier molecular flexibility index (Phi) is 3.89. The number of carbonyl (C=O) groups is 2. The minimum Gasteiger partial charge on any atom is -0.380 e. The number of hydrazine groups is 1. The molecule has 0 saturated carbocycles. The molecule has 0 aromatic rings. The van der Waals surface area contributed by atoms with Crippen molar-refractivity contribution in [3.8, 4) is 0 Å². The molecule has 0 aromatic heterocycles. The number of hydrogen-bond donors (Lipinski definition) is 2. The Bertz CT molecular complexity index is 302. The number of likely N-dealkylation sites (N-methyl/N-ethyl adjacent to an activating group) is 2. The quantitative estimate of drug-likeness (QED) is 0.361. The maximum absolute atomic E-state index is 11.8. The molecule has 1 heterocycles. The molecule has 2 amide bonds. The van der Waals surface area contributed by atoms with Gasteiger partial charge in [0.05, 0.1) is 0 Å². The van der Waals surface area contributed by atoms with Crippen LogP contribution in [0.1, 0.15) is 12.8 Å². The van der Waals surface area contributed by atoms with Gasteiger partial charge in [-0.05, 0) is 12.8 Å². The van der Waals surface area contributed by atoms with Crippen molar-refractivity contribution in [2.24, 2.45) is 5.84 Å². The summed E-state index contributed by atoms with van der Waals surface area (Å²) in [6.07, 6.45) is 1.42. The molecule has 0 bridgehead atoms. The Morgan fingerprint density at radius 2 is 1.88 bits per heavy atom. The number of carbonyl (C=O) groups excluding carboxylic acids is 2. The first-order valence-electron chi connectivity index (χ1n) is 5.16. The molecule has 16 heavy (non-hydrogen) atoms. The first-order chi connectivity index (χ1) is 7.45. The fraction of sp³-hybridized carbons (Fsp3) is 0.600. The molecule has 0 unspecified atom stereocenters. The predicted molar refractivity (Wildman–Crippen MR) is 59.9 cm³/mol. The summed E-state index contributed by atoms with van der Waals surface area (Å²) in [6.45, 7) is 0.708. The van der Waals surface area contributed by atoms with Crippen molar-refractivity contribution >= 4 is 11.8 Å². The van der Waals surface area contributed by atoms with Gasteiger partial charge < -0.3 is 10.2 Å². The van der Waals surface area contributed by atoms with E-state index < -0.39 is 0 Å². The van der Waals surface area contributed by atoms with Crippen LogP contribution in [0, 0.1) is 0 Å². The number of rotatable bonds is 2. The molecule has 0 aromatic carbocycles. The van der Waals surface area contributed by atoms with E-state index >= 15 is 0 Å². The van der Waals surface area contributed by atoms with E-state index in [9.17, 15) is 9.59 Å². The van der Waals surface area contributed by atoms with Gasteiger partial charge in [-0.1, -0.05) is 0 Å². The highest BCUT2D eigenvalue weighted by molar-refractivity contribution is 6.04. The summed E-state index contributed by atoms with van der Waals surface area (Å²) in [5.41, 5.74) is 0.841. The van der Waals surface area contributed by atoms with E-state index in [0.717, 1.165) is 11.4 Å². The summed E-state index contributed by atoms with van der Waals surface area (Å²) in [5, 5.41) is 3.98. The van der Waals surface area contributed by atoms with Gasteiger partial charge in [-0.3, -0.25) is 14.6 Å².